The van der Waals surface area contributed by atoms with E-state index in [-0.39, 0.29) is 24.2 Å². The molecule has 2 aromatic rings. The molecule has 0 N–H and O–H groups in total. The third-order valence-corrected chi connectivity index (χ3v) is 5.23. The predicted molar refractivity (Wildman–Crippen MR) is 95.9 cm³/mol. The molecule has 0 radical (unpaired) electrons. The van der Waals surface area contributed by atoms with Crippen molar-refractivity contribution < 1.29 is 18.7 Å². The van der Waals surface area contributed by atoms with Crippen molar-refractivity contribution in [2.24, 2.45) is 7.05 Å². The van der Waals surface area contributed by atoms with E-state index < -0.39 is 5.60 Å². The molecule has 1 atom stereocenters. The molecule has 2 saturated heterocycles. The number of carbonyl (C=O) groups is 2. The van der Waals surface area contributed by atoms with Gasteiger partial charge in [-0.05, 0) is 37.6 Å². The van der Waals surface area contributed by atoms with Gasteiger partial charge in [-0.3, -0.25) is 14.3 Å². The highest BCUT2D eigenvalue weighted by Crippen LogP contribution is 2.33. The largest absolute Gasteiger partial charge is 0.361 e. The lowest BCUT2D eigenvalue weighted by Gasteiger charge is -2.40. The van der Waals surface area contributed by atoms with Crippen molar-refractivity contribution in [3.63, 3.8) is 0 Å². The number of carbonyl (C=O) groups excluding carboxylic acids is 2. The van der Waals surface area contributed by atoms with Crippen LogP contribution in [0.15, 0.2) is 30.5 Å². The molecule has 1 aromatic carbocycles. The van der Waals surface area contributed by atoms with Crippen LogP contribution in [0, 0.1) is 12.7 Å². The second-order valence-electron chi connectivity index (χ2n) is 7.21. The maximum atomic E-state index is 13.2. The maximum Gasteiger partial charge on any atom is 0.257 e. The zero-order valence-electron chi connectivity index (χ0n) is 15.3. The number of hydrogen-bond acceptors (Lipinski definition) is 4. The molecule has 8 heteroatoms. The fourth-order valence-corrected chi connectivity index (χ4v) is 3.82. The first-order valence-corrected chi connectivity index (χ1v) is 8.86. The van der Waals surface area contributed by atoms with Crippen LogP contribution in [0.5, 0.6) is 0 Å². The first-order valence-electron chi connectivity index (χ1n) is 8.86. The van der Waals surface area contributed by atoms with Gasteiger partial charge in [0.15, 0.2) is 0 Å². The molecular formula is C19H21FN4O3. The molecule has 27 heavy (non-hydrogen) atoms. The molecule has 2 fully saturated rings. The second kappa shape index (κ2) is 6.45. The molecule has 0 aliphatic carbocycles. The van der Waals surface area contributed by atoms with Crippen LogP contribution >= 0.6 is 0 Å². The first-order chi connectivity index (χ1) is 12.9. The minimum atomic E-state index is -0.603. The molecular weight excluding hydrogens is 351 g/mol. The number of rotatable bonds is 2. The van der Waals surface area contributed by atoms with Crippen molar-refractivity contribution in [3.8, 4) is 0 Å². The van der Waals surface area contributed by atoms with Crippen LogP contribution in [0.2, 0.25) is 0 Å². The number of nitrogens with zero attached hydrogens (tertiary/aromatic N) is 4. The van der Waals surface area contributed by atoms with Gasteiger partial charge in [-0.1, -0.05) is 0 Å². The summed E-state index contributed by atoms with van der Waals surface area (Å²) in [5, 5.41) is 4.23. The van der Waals surface area contributed by atoms with Crippen LogP contribution in [0.4, 0.5) is 10.1 Å². The second-order valence-corrected chi connectivity index (χ2v) is 7.21. The van der Waals surface area contributed by atoms with Crippen molar-refractivity contribution in [1.29, 1.82) is 0 Å². The van der Waals surface area contributed by atoms with Crippen molar-refractivity contribution in [2.75, 3.05) is 31.1 Å². The van der Waals surface area contributed by atoms with Crippen molar-refractivity contribution in [3.05, 3.63) is 47.5 Å². The van der Waals surface area contributed by atoms with E-state index in [1.54, 1.807) is 39.9 Å². The van der Waals surface area contributed by atoms with Gasteiger partial charge in [0.1, 0.15) is 18.0 Å². The van der Waals surface area contributed by atoms with Crippen LogP contribution in [-0.4, -0.2) is 58.3 Å². The van der Waals surface area contributed by atoms with Crippen LogP contribution in [0.1, 0.15) is 22.5 Å². The number of likely N-dealkylation sites (tertiary alicyclic amines) is 1. The summed E-state index contributed by atoms with van der Waals surface area (Å²) >= 11 is 0. The summed E-state index contributed by atoms with van der Waals surface area (Å²) in [6.45, 7) is 3.06. The number of aromatic nitrogens is 2. The summed E-state index contributed by atoms with van der Waals surface area (Å²) < 4.78 is 20.7. The molecule has 2 aliphatic heterocycles. The molecule has 7 nitrogen and oxygen atoms in total. The monoisotopic (exact) mass is 372 g/mol. The SMILES string of the molecule is Cc1nn(C)cc1C(=O)N1CCC2(C1)CN(c1ccc(F)cc1)C(=O)CO2. The normalized spacial score (nSPS) is 22.7. The molecule has 2 aliphatic rings. The average Bonchev–Trinajstić information content (AvgIpc) is 3.21. The quantitative estimate of drug-likeness (QED) is 0.802. The van der Waals surface area contributed by atoms with Gasteiger partial charge in [-0.2, -0.15) is 5.10 Å². The standard InChI is InChI=1S/C19H21FN4O3/c1-13-16(9-22(2)21-13)18(26)23-8-7-19(11-23)12-24(17(25)10-27-19)15-5-3-14(20)4-6-15/h3-6,9H,7-8,10-12H2,1-2H3. The van der Waals surface area contributed by atoms with E-state index in [9.17, 15) is 14.0 Å². The van der Waals surface area contributed by atoms with Gasteiger partial charge in [0.25, 0.3) is 11.8 Å². The number of aryl methyl sites for hydroxylation is 2. The Kier molecular flexibility index (Phi) is 4.22. The first kappa shape index (κ1) is 17.7. The summed E-state index contributed by atoms with van der Waals surface area (Å²) in [4.78, 5) is 28.5. The number of anilines is 1. The number of hydrogen-bond donors (Lipinski definition) is 0. The average molecular weight is 372 g/mol. The van der Waals surface area contributed by atoms with E-state index in [1.807, 2.05) is 6.92 Å². The molecule has 142 valence electrons. The highest BCUT2D eigenvalue weighted by Gasteiger charge is 2.47. The fourth-order valence-electron chi connectivity index (χ4n) is 3.82. The maximum absolute atomic E-state index is 13.2. The summed E-state index contributed by atoms with van der Waals surface area (Å²) in [5.41, 5.74) is 1.30. The molecule has 2 amide bonds. The number of amides is 2. The van der Waals surface area contributed by atoms with E-state index >= 15 is 0 Å². The fraction of sp³-hybridized carbons (Fsp3) is 0.421. The Balaban J connectivity index is 1.52. The van der Waals surface area contributed by atoms with E-state index in [0.29, 0.717) is 43.0 Å². The molecule has 3 heterocycles. The van der Waals surface area contributed by atoms with E-state index in [1.165, 1.54) is 12.1 Å². The van der Waals surface area contributed by atoms with Gasteiger partial charge in [0, 0.05) is 25.5 Å². The van der Waals surface area contributed by atoms with Crippen LogP contribution in [-0.2, 0) is 16.6 Å². The molecule has 1 aromatic heterocycles. The summed E-state index contributed by atoms with van der Waals surface area (Å²) in [6, 6.07) is 5.84. The van der Waals surface area contributed by atoms with Gasteiger partial charge < -0.3 is 14.5 Å². The Bertz CT molecular complexity index is 895. The molecule has 0 bridgehead atoms. The minimum Gasteiger partial charge on any atom is -0.361 e. The molecule has 1 spiro atoms. The van der Waals surface area contributed by atoms with Crippen molar-refractivity contribution in [2.45, 2.75) is 18.9 Å². The third-order valence-electron chi connectivity index (χ3n) is 5.23. The van der Waals surface area contributed by atoms with E-state index in [0.717, 1.165) is 0 Å². The topological polar surface area (TPSA) is 67.7 Å². The Morgan fingerprint density at radius 3 is 2.67 bits per heavy atom. The summed E-state index contributed by atoms with van der Waals surface area (Å²) in [5.74, 6) is -0.593. The highest BCUT2D eigenvalue weighted by molar-refractivity contribution is 5.96. The van der Waals surface area contributed by atoms with Gasteiger partial charge in [0.2, 0.25) is 0 Å². The third kappa shape index (κ3) is 3.21. The van der Waals surface area contributed by atoms with E-state index in [4.69, 9.17) is 4.74 Å². The van der Waals surface area contributed by atoms with Gasteiger partial charge in [-0.15, -0.1) is 0 Å². The number of morpholine rings is 1. The number of halogens is 1. The highest BCUT2D eigenvalue weighted by atomic mass is 19.1. The zero-order chi connectivity index (χ0) is 19.2. The minimum absolute atomic E-state index is 0.0503. The van der Waals surface area contributed by atoms with Crippen LogP contribution in [0.3, 0.4) is 0 Å². The lowest BCUT2D eigenvalue weighted by Crippen LogP contribution is -2.56. The Hall–Kier alpha value is -2.74. The van der Waals surface area contributed by atoms with Gasteiger partial charge in [0.05, 0.1) is 24.3 Å². The van der Waals surface area contributed by atoms with Crippen molar-refractivity contribution in [1.82, 2.24) is 14.7 Å². The lowest BCUT2D eigenvalue weighted by atomic mass is 10.00. The number of ether oxygens (including phenoxy) is 1. The summed E-state index contributed by atoms with van der Waals surface area (Å²) in [7, 11) is 1.78. The van der Waals surface area contributed by atoms with E-state index in [2.05, 4.69) is 5.10 Å². The lowest BCUT2D eigenvalue weighted by molar-refractivity contribution is -0.137. The zero-order valence-corrected chi connectivity index (χ0v) is 15.3. The van der Waals surface area contributed by atoms with Crippen LogP contribution in [0.25, 0.3) is 0 Å². The van der Waals surface area contributed by atoms with Gasteiger partial charge >= 0.3 is 0 Å². The smallest absolute Gasteiger partial charge is 0.257 e. The predicted octanol–water partition coefficient (Wildman–Crippen LogP) is 1.52. The molecule has 0 saturated carbocycles. The Morgan fingerprint density at radius 1 is 1.26 bits per heavy atom. The Labute approximate surface area is 156 Å². The Morgan fingerprint density at radius 2 is 2.00 bits per heavy atom. The summed E-state index contributed by atoms with van der Waals surface area (Å²) in [6.07, 6.45) is 2.36. The van der Waals surface area contributed by atoms with Gasteiger partial charge in [-0.25, -0.2) is 4.39 Å². The van der Waals surface area contributed by atoms with Crippen molar-refractivity contribution >= 4 is 17.5 Å². The number of benzene rings is 1. The molecule has 1 unspecified atom stereocenters. The van der Waals surface area contributed by atoms with Crippen LogP contribution < -0.4 is 4.90 Å². The molecule has 4 rings (SSSR count).